The molecule has 8 heteroatoms. The van der Waals surface area contributed by atoms with Gasteiger partial charge < -0.3 is 15.5 Å². The van der Waals surface area contributed by atoms with E-state index in [1.807, 2.05) is 12.1 Å². The monoisotopic (exact) mass is 403 g/mol. The number of nitrogens with two attached hydrogens (primary N) is 1. The third kappa shape index (κ3) is 3.20. The minimum absolute atomic E-state index is 0.320. The molecule has 0 aliphatic carbocycles. The van der Waals surface area contributed by atoms with Gasteiger partial charge >= 0.3 is 0 Å². The average Bonchev–Trinajstić information content (AvgIpc) is 3.07. The Morgan fingerprint density at radius 3 is 2.37 bits per heavy atom. The Labute approximate surface area is 173 Å². The van der Waals surface area contributed by atoms with Crippen LogP contribution in [-0.4, -0.2) is 45.9 Å². The van der Waals surface area contributed by atoms with Crippen molar-refractivity contribution in [3.8, 4) is 11.3 Å². The van der Waals surface area contributed by atoms with Gasteiger partial charge in [0.1, 0.15) is 11.6 Å². The smallest absolute Gasteiger partial charge is 0.228 e. The first kappa shape index (κ1) is 18.4. The van der Waals surface area contributed by atoms with Crippen LogP contribution in [0.1, 0.15) is 0 Å². The number of hydrogen-bond acceptors (Lipinski definition) is 6. The molecule has 5 rings (SSSR count). The number of nitrogens with zero attached hydrogens (tertiary/aromatic N) is 6. The maximum absolute atomic E-state index is 13.9. The summed E-state index contributed by atoms with van der Waals surface area (Å²) >= 11 is 0. The predicted molar refractivity (Wildman–Crippen MR) is 117 cm³/mol. The van der Waals surface area contributed by atoms with Gasteiger partial charge in [-0.15, -0.1) is 0 Å². The van der Waals surface area contributed by atoms with E-state index in [9.17, 15) is 4.39 Å². The van der Waals surface area contributed by atoms with Crippen molar-refractivity contribution in [2.24, 2.45) is 7.05 Å². The van der Waals surface area contributed by atoms with Gasteiger partial charge in [-0.1, -0.05) is 30.3 Å². The molecule has 7 nitrogen and oxygen atoms in total. The third-order valence-electron chi connectivity index (χ3n) is 5.51. The minimum atomic E-state index is -0.320. The number of nitrogen functional groups attached to an aromatic ring is 1. The largest absolute Gasteiger partial charge is 0.383 e. The van der Waals surface area contributed by atoms with Crippen LogP contribution in [0.2, 0.25) is 0 Å². The third-order valence-corrected chi connectivity index (χ3v) is 5.51. The van der Waals surface area contributed by atoms with E-state index in [1.54, 1.807) is 17.8 Å². The van der Waals surface area contributed by atoms with Crippen molar-refractivity contribution in [3.63, 3.8) is 0 Å². The molecule has 1 fully saturated rings. The summed E-state index contributed by atoms with van der Waals surface area (Å²) in [5.74, 6) is 0.733. The lowest BCUT2D eigenvalue weighted by atomic mass is 10.1. The Kier molecular flexibility index (Phi) is 4.46. The average molecular weight is 403 g/mol. The maximum Gasteiger partial charge on any atom is 0.228 e. The van der Waals surface area contributed by atoms with Crippen LogP contribution in [-0.2, 0) is 7.05 Å². The van der Waals surface area contributed by atoms with E-state index in [2.05, 4.69) is 44.1 Å². The molecule has 1 aliphatic rings. The summed E-state index contributed by atoms with van der Waals surface area (Å²) in [6.07, 6.45) is 0. The maximum atomic E-state index is 13.9. The number of halogens is 1. The van der Waals surface area contributed by atoms with E-state index in [0.717, 1.165) is 26.2 Å². The molecule has 3 heterocycles. The Hall–Kier alpha value is -3.68. The zero-order chi connectivity index (χ0) is 20.7. The Bertz CT molecular complexity index is 1200. The molecule has 1 saturated heterocycles. The zero-order valence-corrected chi connectivity index (χ0v) is 16.7. The molecule has 2 aromatic carbocycles. The van der Waals surface area contributed by atoms with Crippen molar-refractivity contribution >= 4 is 28.5 Å². The highest BCUT2D eigenvalue weighted by atomic mass is 19.1. The van der Waals surface area contributed by atoms with Crippen molar-refractivity contribution in [1.29, 1.82) is 0 Å². The number of benzene rings is 2. The molecule has 0 atom stereocenters. The lowest BCUT2D eigenvalue weighted by Crippen LogP contribution is -2.47. The number of rotatable bonds is 3. The van der Waals surface area contributed by atoms with Gasteiger partial charge in [0.25, 0.3) is 0 Å². The fourth-order valence-corrected chi connectivity index (χ4v) is 3.89. The minimum Gasteiger partial charge on any atom is -0.383 e. The molecule has 0 bridgehead atoms. The number of fused-ring (bicyclic) bond motifs is 1. The molecule has 0 unspecified atom stereocenters. The summed E-state index contributed by atoms with van der Waals surface area (Å²) in [6, 6.07) is 16.7. The lowest BCUT2D eigenvalue weighted by molar-refractivity contribution is 0.628. The highest BCUT2D eigenvalue weighted by molar-refractivity contribution is 5.98. The Morgan fingerprint density at radius 2 is 1.63 bits per heavy atom. The Balaban J connectivity index is 1.51. The first-order chi connectivity index (χ1) is 14.6. The van der Waals surface area contributed by atoms with Crippen LogP contribution in [0.4, 0.5) is 21.8 Å². The Morgan fingerprint density at radius 1 is 0.900 bits per heavy atom. The van der Waals surface area contributed by atoms with E-state index < -0.39 is 0 Å². The molecular weight excluding hydrogens is 381 g/mol. The van der Waals surface area contributed by atoms with Crippen molar-refractivity contribution in [2.45, 2.75) is 0 Å². The summed E-state index contributed by atoms with van der Waals surface area (Å²) in [5, 5.41) is 5.10. The summed E-state index contributed by atoms with van der Waals surface area (Å²) in [7, 11) is 1.77. The molecule has 0 saturated carbocycles. The standard InChI is InChI=1S/C22H22FN7/c1-28-20(24)18-19(15-6-5-7-16(23)14-15)25-22(26-21(18)27-28)30-12-10-29(11-13-30)17-8-3-2-4-9-17/h2-9,14H,10-13,24H2,1H3. The zero-order valence-electron chi connectivity index (χ0n) is 16.7. The fraction of sp³-hybridized carbons (Fsp3) is 0.227. The van der Waals surface area contributed by atoms with Gasteiger partial charge in [0, 0.05) is 44.5 Å². The second-order valence-electron chi connectivity index (χ2n) is 7.40. The highest BCUT2D eigenvalue weighted by Crippen LogP contribution is 2.32. The van der Waals surface area contributed by atoms with Crippen molar-refractivity contribution in [3.05, 3.63) is 60.4 Å². The van der Waals surface area contributed by atoms with Gasteiger partial charge in [0.05, 0.1) is 11.1 Å². The summed E-state index contributed by atoms with van der Waals surface area (Å²) < 4.78 is 15.5. The molecule has 1 aliphatic heterocycles. The van der Waals surface area contributed by atoms with Gasteiger partial charge in [-0.2, -0.15) is 10.1 Å². The molecule has 0 amide bonds. The normalized spacial score (nSPS) is 14.5. The first-order valence-electron chi connectivity index (χ1n) is 9.91. The van der Waals surface area contributed by atoms with Crippen LogP contribution < -0.4 is 15.5 Å². The number of anilines is 3. The van der Waals surface area contributed by atoms with Gasteiger partial charge in [-0.3, -0.25) is 4.68 Å². The van der Waals surface area contributed by atoms with Gasteiger partial charge in [-0.25, -0.2) is 9.37 Å². The van der Waals surface area contributed by atoms with E-state index in [4.69, 9.17) is 10.7 Å². The number of para-hydroxylation sites is 1. The molecule has 0 radical (unpaired) electrons. The number of hydrogen-bond donors (Lipinski definition) is 1. The van der Waals surface area contributed by atoms with E-state index in [-0.39, 0.29) is 5.82 Å². The molecule has 152 valence electrons. The van der Waals surface area contributed by atoms with Gasteiger partial charge in [0.15, 0.2) is 5.65 Å². The predicted octanol–water partition coefficient (Wildman–Crippen LogP) is 3.08. The molecule has 0 spiro atoms. The van der Waals surface area contributed by atoms with Crippen LogP contribution in [0.5, 0.6) is 0 Å². The topological polar surface area (TPSA) is 76.1 Å². The van der Waals surface area contributed by atoms with Gasteiger partial charge in [-0.05, 0) is 24.3 Å². The van der Waals surface area contributed by atoms with E-state index in [1.165, 1.54) is 17.8 Å². The second kappa shape index (κ2) is 7.29. The number of piperazine rings is 1. The van der Waals surface area contributed by atoms with E-state index in [0.29, 0.717) is 34.1 Å². The lowest BCUT2D eigenvalue weighted by Gasteiger charge is -2.36. The number of aryl methyl sites for hydroxylation is 1. The highest BCUT2D eigenvalue weighted by Gasteiger charge is 2.23. The summed E-state index contributed by atoms with van der Waals surface area (Å²) in [4.78, 5) is 14.0. The van der Waals surface area contributed by atoms with E-state index >= 15 is 0 Å². The molecule has 4 aromatic rings. The first-order valence-corrected chi connectivity index (χ1v) is 9.91. The number of aromatic nitrogens is 4. The fourth-order valence-electron chi connectivity index (χ4n) is 3.89. The van der Waals surface area contributed by atoms with Crippen LogP contribution in [0.15, 0.2) is 54.6 Å². The summed E-state index contributed by atoms with van der Waals surface area (Å²) in [6.45, 7) is 3.30. The van der Waals surface area contributed by atoms with Crippen molar-refractivity contribution < 1.29 is 4.39 Å². The summed E-state index contributed by atoms with van der Waals surface area (Å²) in [5.41, 5.74) is 9.23. The van der Waals surface area contributed by atoms with Crippen molar-refractivity contribution in [1.82, 2.24) is 19.7 Å². The molecule has 2 N–H and O–H groups in total. The second-order valence-corrected chi connectivity index (χ2v) is 7.40. The van der Waals surface area contributed by atoms with Crippen LogP contribution in [0.25, 0.3) is 22.3 Å². The van der Waals surface area contributed by atoms with Crippen LogP contribution in [0, 0.1) is 5.82 Å². The van der Waals surface area contributed by atoms with Crippen LogP contribution >= 0.6 is 0 Å². The SMILES string of the molecule is Cn1nc2nc(N3CCN(c4ccccc4)CC3)nc(-c3cccc(F)c3)c2c1N. The molecule has 30 heavy (non-hydrogen) atoms. The van der Waals surface area contributed by atoms with Gasteiger partial charge in [0.2, 0.25) is 5.95 Å². The molecular formula is C22H22FN7. The molecule has 2 aromatic heterocycles. The van der Waals surface area contributed by atoms with Crippen molar-refractivity contribution in [2.75, 3.05) is 41.7 Å². The quantitative estimate of drug-likeness (QED) is 0.567. The van der Waals surface area contributed by atoms with Crippen LogP contribution in [0.3, 0.4) is 0 Å².